The highest BCUT2D eigenvalue weighted by molar-refractivity contribution is 5.97. The Labute approximate surface area is 71.8 Å². The predicted octanol–water partition coefficient (Wildman–Crippen LogP) is 2.55. The fourth-order valence-corrected chi connectivity index (χ4v) is 1.35. The zero-order valence-electron chi connectivity index (χ0n) is 6.96. The monoisotopic (exact) mass is 155 g/mol. The Kier molecular flexibility index (Phi) is 1.46. The van der Waals surface area contributed by atoms with Gasteiger partial charge in [-0.1, -0.05) is 24.3 Å². The molecule has 0 bridgehead atoms. The second kappa shape index (κ2) is 2.47. The van der Waals surface area contributed by atoms with Crippen LogP contribution in [0.5, 0.6) is 0 Å². The van der Waals surface area contributed by atoms with Crippen LogP contribution in [0.2, 0.25) is 0 Å². The van der Waals surface area contributed by atoms with Gasteiger partial charge in [-0.25, -0.2) is 4.99 Å². The molecule has 1 heteroatoms. The van der Waals surface area contributed by atoms with Gasteiger partial charge in [0.2, 0.25) is 0 Å². The molecule has 1 aliphatic heterocycles. The van der Waals surface area contributed by atoms with Gasteiger partial charge in [0.1, 0.15) is 5.70 Å². The van der Waals surface area contributed by atoms with Crippen molar-refractivity contribution in [2.45, 2.75) is 6.92 Å². The van der Waals surface area contributed by atoms with Crippen molar-refractivity contribution in [2.75, 3.05) is 0 Å². The van der Waals surface area contributed by atoms with Gasteiger partial charge in [-0.15, -0.1) is 5.73 Å². The Morgan fingerprint density at radius 1 is 1.42 bits per heavy atom. The van der Waals surface area contributed by atoms with E-state index in [9.17, 15) is 0 Å². The Bertz CT molecular complexity index is 407. The largest absolute Gasteiger partial charge is 0.247 e. The average Bonchev–Trinajstić information content (AvgIpc) is 2.46. The number of fused-ring (bicyclic) bond motifs is 1. The van der Waals surface area contributed by atoms with Gasteiger partial charge >= 0.3 is 0 Å². The number of aliphatic imine (C=N–C) groups is 1. The first-order valence-electron chi connectivity index (χ1n) is 3.86. The van der Waals surface area contributed by atoms with E-state index < -0.39 is 0 Å². The summed E-state index contributed by atoms with van der Waals surface area (Å²) in [6, 6.07) is 6.25. The molecule has 0 N–H and O–H groups in total. The smallest absolute Gasteiger partial charge is 0.112 e. The number of nitrogens with zero attached hydrogens (tertiary/aromatic N) is 1. The maximum absolute atomic E-state index is 4.18. The molecule has 1 nitrogen and oxygen atoms in total. The Balaban J connectivity index is 2.69. The average molecular weight is 155 g/mol. The number of hydrogen-bond acceptors (Lipinski definition) is 1. The third-order valence-electron chi connectivity index (χ3n) is 1.96. The first-order chi connectivity index (χ1) is 5.81. The van der Waals surface area contributed by atoms with Crippen LogP contribution in [0.3, 0.4) is 0 Å². The van der Waals surface area contributed by atoms with E-state index in [2.05, 4.69) is 42.4 Å². The Morgan fingerprint density at radius 3 is 3.00 bits per heavy atom. The topological polar surface area (TPSA) is 12.4 Å². The first-order valence-corrected chi connectivity index (χ1v) is 3.86. The quantitative estimate of drug-likeness (QED) is 0.510. The molecule has 2 rings (SSSR count). The van der Waals surface area contributed by atoms with E-state index in [0.29, 0.717) is 0 Å². The summed E-state index contributed by atoms with van der Waals surface area (Å²) in [6.07, 6.45) is 1.86. The minimum atomic E-state index is 0.852. The van der Waals surface area contributed by atoms with E-state index in [1.165, 1.54) is 11.1 Å². The SMILES string of the molecule is C=C=C1N=Cc2cc(C)ccc21. The van der Waals surface area contributed by atoms with Gasteiger partial charge in [-0.3, -0.25) is 0 Å². The predicted molar refractivity (Wildman–Crippen MR) is 51.3 cm³/mol. The second-order valence-electron chi connectivity index (χ2n) is 2.87. The molecule has 1 aromatic carbocycles. The van der Waals surface area contributed by atoms with Crippen LogP contribution in [0.1, 0.15) is 16.7 Å². The van der Waals surface area contributed by atoms with Gasteiger partial charge in [0.25, 0.3) is 0 Å². The van der Waals surface area contributed by atoms with Gasteiger partial charge in [0.05, 0.1) is 0 Å². The zero-order chi connectivity index (χ0) is 8.55. The van der Waals surface area contributed by atoms with Crippen LogP contribution in [0, 0.1) is 6.92 Å². The lowest BCUT2D eigenvalue weighted by molar-refractivity contribution is 1.45. The van der Waals surface area contributed by atoms with E-state index in [1.54, 1.807) is 0 Å². The van der Waals surface area contributed by atoms with Crippen LogP contribution in [-0.4, -0.2) is 6.21 Å². The molecule has 1 heterocycles. The van der Waals surface area contributed by atoms with Gasteiger partial charge < -0.3 is 0 Å². The molecule has 0 saturated heterocycles. The summed E-state index contributed by atoms with van der Waals surface area (Å²) in [5.74, 6) is 0. The number of hydrogen-bond donors (Lipinski definition) is 0. The molecule has 1 aromatic rings. The fraction of sp³-hybridized carbons (Fsp3) is 0.0909. The third kappa shape index (κ3) is 0.919. The molecule has 0 fully saturated rings. The summed E-state index contributed by atoms with van der Waals surface area (Å²) in [4.78, 5) is 4.18. The molecule has 0 amide bonds. The summed E-state index contributed by atoms with van der Waals surface area (Å²) in [5.41, 5.74) is 7.22. The molecule has 0 saturated carbocycles. The van der Waals surface area contributed by atoms with Crippen LogP contribution in [0.25, 0.3) is 5.70 Å². The second-order valence-corrected chi connectivity index (χ2v) is 2.87. The summed E-state index contributed by atoms with van der Waals surface area (Å²) in [7, 11) is 0. The summed E-state index contributed by atoms with van der Waals surface area (Å²) in [5, 5.41) is 0. The highest BCUT2D eigenvalue weighted by atomic mass is 14.8. The molecule has 58 valence electrons. The fourth-order valence-electron chi connectivity index (χ4n) is 1.35. The molecular weight excluding hydrogens is 146 g/mol. The van der Waals surface area contributed by atoms with E-state index in [1.807, 2.05) is 6.21 Å². The Morgan fingerprint density at radius 2 is 2.25 bits per heavy atom. The molecule has 1 aliphatic rings. The molecule has 0 unspecified atom stereocenters. The lowest BCUT2D eigenvalue weighted by Gasteiger charge is -1.97. The van der Waals surface area contributed by atoms with E-state index in [-0.39, 0.29) is 0 Å². The van der Waals surface area contributed by atoms with E-state index >= 15 is 0 Å². The normalized spacial score (nSPS) is 12.9. The lowest BCUT2D eigenvalue weighted by atomic mass is 10.1. The third-order valence-corrected chi connectivity index (χ3v) is 1.96. The molecule has 0 atom stereocenters. The maximum atomic E-state index is 4.18. The van der Waals surface area contributed by atoms with Crippen LogP contribution in [0.4, 0.5) is 0 Å². The Hall–Kier alpha value is -1.59. The van der Waals surface area contributed by atoms with Gasteiger partial charge in [-0.2, -0.15) is 0 Å². The van der Waals surface area contributed by atoms with Crippen molar-refractivity contribution in [3.8, 4) is 0 Å². The first kappa shape index (κ1) is 7.08. The molecule has 0 aromatic heterocycles. The molecule has 12 heavy (non-hydrogen) atoms. The number of rotatable bonds is 0. The van der Waals surface area contributed by atoms with Crippen molar-refractivity contribution < 1.29 is 0 Å². The van der Waals surface area contributed by atoms with E-state index in [0.717, 1.165) is 11.3 Å². The standard InChI is InChI=1S/C11H9N/c1-3-11-10-5-4-8(2)6-9(10)7-12-11/h4-7H,1H2,2H3. The van der Waals surface area contributed by atoms with Crippen LogP contribution < -0.4 is 0 Å². The zero-order valence-corrected chi connectivity index (χ0v) is 6.96. The van der Waals surface area contributed by atoms with Crippen LogP contribution >= 0.6 is 0 Å². The van der Waals surface area contributed by atoms with Crippen molar-refractivity contribution in [2.24, 2.45) is 4.99 Å². The summed E-state index contributed by atoms with van der Waals surface area (Å²) >= 11 is 0. The molecule has 0 radical (unpaired) electrons. The van der Waals surface area contributed by atoms with Crippen LogP contribution in [-0.2, 0) is 0 Å². The number of aryl methyl sites for hydroxylation is 1. The van der Waals surface area contributed by atoms with Crippen LogP contribution in [0.15, 0.2) is 35.5 Å². The van der Waals surface area contributed by atoms with Crippen molar-refractivity contribution in [1.82, 2.24) is 0 Å². The van der Waals surface area contributed by atoms with Gasteiger partial charge in [-0.05, 0) is 13.0 Å². The highest BCUT2D eigenvalue weighted by Crippen LogP contribution is 2.24. The lowest BCUT2D eigenvalue weighted by Crippen LogP contribution is -1.83. The minimum Gasteiger partial charge on any atom is -0.247 e. The number of benzene rings is 1. The van der Waals surface area contributed by atoms with E-state index in [4.69, 9.17) is 0 Å². The van der Waals surface area contributed by atoms with Crippen molar-refractivity contribution in [3.63, 3.8) is 0 Å². The van der Waals surface area contributed by atoms with Crippen molar-refractivity contribution >= 4 is 11.9 Å². The highest BCUT2D eigenvalue weighted by Gasteiger charge is 2.10. The molecule has 0 spiro atoms. The maximum Gasteiger partial charge on any atom is 0.112 e. The molecule has 0 aliphatic carbocycles. The summed E-state index contributed by atoms with van der Waals surface area (Å²) < 4.78 is 0. The minimum absolute atomic E-state index is 0.852. The molecular formula is C11H9N. The van der Waals surface area contributed by atoms with Gasteiger partial charge in [0, 0.05) is 17.3 Å². The van der Waals surface area contributed by atoms with Crippen molar-refractivity contribution in [3.05, 3.63) is 47.2 Å². The summed E-state index contributed by atoms with van der Waals surface area (Å²) in [6.45, 7) is 5.66. The van der Waals surface area contributed by atoms with Crippen molar-refractivity contribution in [1.29, 1.82) is 0 Å². The van der Waals surface area contributed by atoms with Gasteiger partial charge in [0.15, 0.2) is 0 Å².